The summed E-state index contributed by atoms with van der Waals surface area (Å²) in [5.74, 6) is -0.886. The first-order valence-electron chi connectivity index (χ1n) is 30.1. The lowest BCUT2D eigenvalue weighted by Crippen LogP contribution is -2.30. The predicted molar refractivity (Wildman–Crippen MR) is 298 cm³/mol. The number of rotatable bonds is 55. The first-order chi connectivity index (χ1) is 34.0. The number of allylic oxidation sites excluding steroid dienone is 8. The van der Waals surface area contributed by atoms with Crippen LogP contribution in [0.15, 0.2) is 48.6 Å². The Morgan fingerprint density at radius 3 is 0.899 bits per heavy atom. The fraction of sp³-hybridized carbons (Fsp3) is 0.825. The molecule has 0 aromatic carbocycles. The zero-order valence-corrected chi connectivity index (χ0v) is 46.1. The first-order valence-corrected chi connectivity index (χ1v) is 30.1. The number of carbonyl (C=O) groups excluding carboxylic acids is 3. The third-order valence-corrected chi connectivity index (χ3v) is 13.3. The zero-order valence-electron chi connectivity index (χ0n) is 46.1. The molecule has 0 saturated heterocycles. The van der Waals surface area contributed by atoms with Gasteiger partial charge in [0.1, 0.15) is 13.2 Å². The summed E-state index contributed by atoms with van der Waals surface area (Å²) in [4.78, 5) is 37.8. The fourth-order valence-electron chi connectivity index (χ4n) is 8.81. The molecule has 0 N–H and O–H groups in total. The van der Waals surface area contributed by atoms with Gasteiger partial charge in [-0.1, -0.05) is 268 Å². The molecule has 6 nitrogen and oxygen atoms in total. The summed E-state index contributed by atoms with van der Waals surface area (Å²) in [6, 6.07) is 0. The highest BCUT2D eigenvalue weighted by molar-refractivity contribution is 5.71. The van der Waals surface area contributed by atoms with E-state index in [1.54, 1.807) is 0 Å². The molecule has 0 bridgehead atoms. The van der Waals surface area contributed by atoms with E-state index in [0.29, 0.717) is 19.3 Å². The Morgan fingerprint density at radius 2 is 0.565 bits per heavy atom. The van der Waals surface area contributed by atoms with Gasteiger partial charge in [-0.25, -0.2) is 0 Å². The molecule has 0 saturated carbocycles. The van der Waals surface area contributed by atoms with E-state index in [1.165, 1.54) is 186 Å². The second kappa shape index (κ2) is 57.9. The summed E-state index contributed by atoms with van der Waals surface area (Å²) in [6.45, 7) is 6.47. The van der Waals surface area contributed by atoms with E-state index in [1.807, 2.05) is 0 Å². The molecule has 0 fully saturated rings. The summed E-state index contributed by atoms with van der Waals surface area (Å²) < 4.78 is 16.7. The van der Waals surface area contributed by atoms with Crippen LogP contribution in [0.2, 0.25) is 0 Å². The lowest BCUT2D eigenvalue weighted by molar-refractivity contribution is -0.167. The van der Waals surface area contributed by atoms with E-state index in [-0.39, 0.29) is 31.1 Å². The van der Waals surface area contributed by atoms with E-state index >= 15 is 0 Å². The maximum Gasteiger partial charge on any atom is 0.306 e. The molecule has 0 rings (SSSR count). The van der Waals surface area contributed by atoms with Gasteiger partial charge in [-0.2, -0.15) is 0 Å². The van der Waals surface area contributed by atoms with Crippen molar-refractivity contribution in [3.63, 3.8) is 0 Å². The summed E-state index contributed by atoms with van der Waals surface area (Å²) >= 11 is 0. The predicted octanol–water partition coefficient (Wildman–Crippen LogP) is 20.2. The molecular weight excluding hydrogens is 853 g/mol. The van der Waals surface area contributed by atoms with Gasteiger partial charge < -0.3 is 14.2 Å². The topological polar surface area (TPSA) is 78.9 Å². The van der Waals surface area contributed by atoms with Crippen molar-refractivity contribution >= 4 is 17.9 Å². The molecule has 0 aliphatic heterocycles. The normalized spacial score (nSPS) is 12.3. The van der Waals surface area contributed by atoms with Gasteiger partial charge >= 0.3 is 17.9 Å². The van der Waals surface area contributed by atoms with Crippen LogP contribution in [0.5, 0.6) is 0 Å². The van der Waals surface area contributed by atoms with Gasteiger partial charge in [-0.15, -0.1) is 0 Å². The number of carbonyl (C=O) groups is 3. The quantitative estimate of drug-likeness (QED) is 0.0262. The van der Waals surface area contributed by atoms with Crippen molar-refractivity contribution in [2.45, 2.75) is 322 Å². The van der Waals surface area contributed by atoms with Gasteiger partial charge in [0.2, 0.25) is 0 Å². The molecule has 0 aliphatic carbocycles. The second-order valence-electron chi connectivity index (χ2n) is 20.2. The molecule has 0 aromatic rings. The second-order valence-corrected chi connectivity index (χ2v) is 20.2. The summed E-state index contributed by atoms with van der Waals surface area (Å²) in [5.41, 5.74) is 0. The number of esters is 3. The summed E-state index contributed by atoms with van der Waals surface area (Å²) in [5, 5.41) is 0. The average Bonchev–Trinajstić information content (AvgIpc) is 3.35. The Bertz CT molecular complexity index is 1200. The van der Waals surface area contributed by atoms with Crippen LogP contribution in [0.3, 0.4) is 0 Å². The minimum Gasteiger partial charge on any atom is -0.462 e. The van der Waals surface area contributed by atoms with Crippen LogP contribution in [0.25, 0.3) is 0 Å². The van der Waals surface area contributed by atoms with Gasteiger partial charge in [0.15, 0.2) is 6.10 Å². The van der Waals surface area contributed by atoms with Gasteiger partial charge in [-0.05, 0) is 77.0 Å². The van der Waals surface area contributed by atoms with Gasteiger partial charge in [0, 0.05) is 19.3 Å². The smallest absolute Gasteiger partial charge is 0.306 e. The van der Waals surface area contributed by atoms with Crippen LogP contribution in [-0.4, -0.2) is 37.2 Å². The van der Waals surface area contributed by atoms with Crippen LogP contribution in [-0.2, 0) is 28.6 Å². The third-order valence-electron chi connectivity index (χ3n) is 13.3. The standard InChI is InChI=1S/C63H114O6/c1-4-7-10-13-15-17-19-21-23-25-26-27-28-29-30-31-32-33-34-35-36-38-39-41-43-45-47-50-53-56-62(65)68-59-60(58-67-61(64)55-52-49-12-9-6-3)69-63(66)57-54-51-48-46-44-42-40-37-24-22-20-18-16-14-11-8-5-2/h8,11,16,18,22,24-26,60H,4-7,9-10,12-15,17,19-21,23,27-59H2,1-3H3/b11-8-,18-16-,24-22-,26-25-. The zero-order chi connectivity index (χ0) is 50.0. The largest absolute Gasteiger partial charge is 0.462 e. The minimum absolute atomic E-state index is 0.0748. The van der Waals surface area contributed by atoms with Crippen molar-refractivity contribution in [2.24, 2.45) is 0 Å². The van der Waals surface area contributed by atoms with Crippen molar-refractivity contribution in [3.05, 3.63) is 48.6 Å². The number of hydrogen-bond donors (Lipinski definition) is 0. The molecule has 0 aromatic heterocycles. The van der Waals surface area contributed by atoms with E-state index < -0.39 is 6.10 Å². The minimum atomic E-state index is -0.773. The molecule has 0 spiro atoms. The summed E-state index contributed by atoms with van der Waals surface area (Å²) in [7, 11) is 0. The van der Waals surface area contributed by atoms with E-state index in [2.05, 4.69) is 69.4 Å². The van der Waals surface area contributed by atoms with Gasteiger partial charge in [-0.3, -0.25) is 14.4 Å². The molecule has 6 heteroatoms. The molecule has 0 aliphatic rings. The number of hydrogen-bond acceptors (Lipinski definition) is 6. The van der Waals surface area contributed by atoms with Crippen LogP contribution in [0, 0.1) is 0 Å². The Labute approximate surface area is 428 Å². The molecule has 402 valence electrons. The average molecular weight is 968 g/mol. The van der Waals surface area contributed by atoms with Crippen molar-refractivity contribution < 1.29 is 28.6 Å². The Kier molecular flexibility index (Phi) is 55.7. The maximum atomic E-state index is 12.8. The molecule has 0 radical (unpaired) electrons. The molecule has 69 heavy (non-hydrogen) atoms. The molecule has 0 heterocycles. The number of unbranched alkanes of at least 4 members (excludes halogenated alkanes) is 36. The Balaban J connectivity index is 3.97. The highest BCUT2D eigenvalue weighted by Gasteiger charge is 2.19. The molecule has 0 amide bonds. The van der Waals surface area contributed by atoms with Gasteiger partial charge in [0.25, 0.3) is 0 Å². The van der Waals surface area contributed by atoms with Crippen LogP contribution < -0.4 is 0 Å². The Morgan fingerprint density at radius 1 is 0.304 bits per heavy atom. The van der Waals surface area contributed by atoms with E-state index in [4.69, 9.17) is 14.2 Å². The van der Waals surface area contributed by atoms with Crippen molar-refractivity contribution in [2.75, 3.05) is 13.2 Å². The maximum absolute atomic E-state index is 12.8. The molecule has 1 atom stereocenters. The van der Waals surface area contributed by atoms with Crippen LogP contribution >= 0.6 is 0 Å². The summed E-state index contributed by atoms with van der Waals surface area (Å²) in [6.07, 6.45) is 71.7. The van der Waals surface area contributed by atoms with E-state index in [0.717, 1.165) is 89.9 Å². The lowest BCUT2D eigenvalue weighted by Gasteiger charge is -2.18. The Hall–Kier alpha value is -2.63. The fourth-order valence-corrected chi connectivity index (χ4v) is 8.81. The monoisotopic (exact) mass is 967 g/mol. The van der Waals surface area contributed by atoms with Crippen molar-refractivity contribution in [1.82, 2.24) is 0 Å². The first kappa shape index (κ1) is 66.4. The lowest BCUT2D eigenvalue weighted by atomic mass is 10.0. The van der Waals surface area contributed by atoms with Crippen molar-refractivity contribution in [3.8, 4) is 0 Å². The van der Waals surface area contributed by atoms with Crippen molar-refractivity contribution in [1.29, 1.82) is 0 Å². The highest BCUT2D eigenvalue weighted by Crippen LogP contribution is 2.17. The van der Waals surface area contributed by atoms with Crippen LogP contribution in [0.1, 0.15) is 316 Å². The number of ether oxygens (including phenoxy) is 3. The third kappa shape index (κ3) is 56.2. The molecular formula is C63H114O6. The SMILES string of the molecule is CC/C=C\C/C=C\C/C=C\CCCCCCCCCC(=O)OC(COC(=O)CCCCCCC)COC(=O)CCCCCCCCCCCCCCCCCCC/C=C\CCCCCCCCCC. The van der Waals surface area contributed by atoms with Crippen LogP contribution in [0.4, 0.5) is 0 Å². The van der Waals surface area contributed by atoms with E-state index in [9.17, 15) is 14.4 Å². The van der Waals surface area contributed by atoms with Gasteiger partial charge in [0.05, 0.1) is 0 Å². The highest BCUT2D eigenvalue weighted by atomic mass is 16.6. The molecule has 1 unspecified atom stereocenters.